The summed E-state index contributed by atoms with van der Waals surface area (Å²) in [4.78, 5) is 12.5. The van der Waals surface area contributed by atoms with Gasteiger partial charge >= 0.3 is 0 Å². The summed E-state index contributed by atoms with van der Waals surface area (Å²) in [6.45, 7) is 1.39. The third-order valence-electron chi connectivity index (χ3n) is 4.37. The molecule has 8 heteroatoms. The molecule has 0 saturated carbocycles. The Morgan fingerprint density at radius 3 is 2.65 bits per heavy atom. The van der Waals surface area contributed by atoms with E-state index in [1.807, 2.05) is 6.07 Å². The first-order valence-electron chi connectivity index (χ1n) is 8.59. The monoisotopic (exact) mass is 396 g/mol. The van der Waals surface area contributed by atoms with Crippen LogP contribution in [0.4, 0.5) is 0 Å². The van der Waals surface area contributed by atoms with E-state index in [2.05, 4.69) is 5.32 Å². The fraction of sp³-hybridized carbons (Fsp3) is 0.389. The lowest BCUT2D eigenvalue weighted by Crippen LogP contribution is -2.35. The number of sulfonamides is 1. The number of hydrogen-bond acceptors (Lipinski definition) is 4. The lowest BCUT2D eigenvalue weighted by molar-refractivity contribution is 0.0953. The van der Waals surface area contributed by atoms with Crippen molar-refractivity contribution < 1.29 is 17.6 Å². The number of halogens is 1. The topological polar surface area (TPSA) is 79.6 Å². The number of hydrogen-bond donors (Lipinski definition) is 1. The second-order valence-corrected chi connectivity index (χ2v) is 8.54. The van der Waals surface area contributed by atoms with Gasteiger partial charge in [-0.3, -0.25) is 4.79 Å². The molecule has 26 heavy (non-hydrogen) atoms. The van der Waals surface area contributed by atoms with E-state index in [9.17, 15) is 13.2 Å². The molecule has 140 valence electrons. The van der Waals surface area contributed by atoms with Gasteiger partial charge in [0.25, 0.3) is 5.91 Å². The lowest BCUT2D eigenvalue weighted by atomic mass is 10.2. The van der Waals surface area contributed by atoms with E-state index >= 15 is 0 Å². The van der Waals surface area contributed by atoms with E-state index in [1.54, 1.807) is 12.3 Å². The first-order chi connectivity index (χ1) is 12.5. The van der Waals surface area contributed by atoms with E-state index in [0.717, 1.165) is 25.0 Å². The quantitative estimate of drug-likeness (QED) is 0.813. The van der Waals surface area contributed by atoms with Crippen LogP contribution >= 0.6 is 11.6 Å². The van der Waals surface area contributed by atoms with Crippen LogP contribution in [0.15, 0.2) is 45.9 Å². The average molecular weight is 397 g/mol. The number of benzene rings is 1. The Morgan fingerprint density at radius 1 is 1.19 bits per heavy atom. The molecule has 1 aromatic heterocycles. The molecule has 0 unspecified atom stereocenters. The number of nitrogens with one attached hydrogen (secondary N) is 1. The molecule has 6 nitrogen and oxygen atoms in total. The zero-order valence-corrected chi connectivity index (χ0v) is 15.9. The Kier molecular flexibility index (Phi) is 6.01. The van der Waals surface area contributed by atoms with Crippen molar-refractivity contribution in [2.75, 3.05) is 19.6 Å². The molecule has 0 radical (unpaired) electrons. The fourth-order valence-electron chi connectivity index (χ4n) is 2.94. The van der Waals surface area contributed by atoms with Gasteiger partial charge in [-0.2, -0.15) is 4.31 Å². The second kappa shape index (κ2) is 8.24. The van der Waals surface area contributed by atoms with Crippen LogP contribution in [0.3, 0.4) is 0 Å². The lowest BCUT2D eigenvalue weighted by Gasteiger charge is -2.26. The number of carbonyl (C=O) groups is 1. The molecular weight excluding hydrogens is 376 g/mol. The van der Waals surface area contributed by atoms with E-state index in [0.29, 0.717) is 26.1 Å². The molecule has 0 spiro atoms. The van der Waals surface area contributed by atoms with E-state index in [4.69, 9.17) is 16.0 Å². The summed E-state index contributed by atoms with van der Waals surface area (Å²) in [5, 5.41) is 2.96. The summed E-state index contributed by atoms with van der Waals surface area (Å²) in [5.74, 6) is 0.357. The van der Waals surface area contributed by atoms with Crippen LogP contribution < -0.4 is 5.32 Å². The molecular formula is C18H21ClN2O4S. The molecule has 1 N–H and O–H groups in total. The van der Waals surface area contributed by atoms with Gasteiger partial charge in [-0.1, -0.05) is 18.0 Å². The maximum Gasteiger partial charge on any atom is 0.252 e. The third kappa shape index (κ3) is 4.28. The molecule has 0 atom stereocenters. The second-order valence-electron chi connectivity index (χ2n) is 6.19. The van der Waals surface area contributed by atoms with Gasteiger partial charge in [0.1, 0.15) is 5.76 Å². The highest BCUT2D eigenvalue weighted by molar-refractivity contribution is 7.89. The molecule has 2 aromatic rings. The summed E-state index contributed by atoms with van der Waals surface area (Å²) < 4.78 is 32.2. The number of piperidine rings is 1. The van der Waals surface area contributed by atoms with Crippen molar-refractivity contribution in [3.8, 4) is 0 Å². The average Bonchev–Trinajstić information content (AvgIpc) is 3.16. The van der Waals surface area contributed by atoms with Gasteiger partial charge in [-0.25, -0.2) is 8.42 Å². The minimum Gasteiger partial charge on any atom is -0.469 e. The highest BCUT2D eigenvalue weighted by atomic mass is 35.5. The molecule has 2 heterocycles. The van der Waals surface area contributed by atoms with Crippen molar-refractivity contribution in [1.82, 2.24) is 9.62 Å². The van der Waals surface area contributed by atoms with Gasteiger partial charge in [-0.05, 0) is 43.2 Å². The summed E-state index contributed by atoms with van der Waals surface area (Å²) in [7, 11) is -3.61. The Hall–Kier alpha value is -1.83. The van der Waals surface area contributed by atoms with Gasteiger partial charge < -0.3 is 9.73 Å². The predicted molar refractivity (Wildman–Crippen MR) is 98.8 cm³/mol. The number of nitrogens with zero attached hydrogens (tertiary/aromatic N) is 1. The zero-order chi connectivity index (χ0) is 18.6. The Morgan fingerprint density at radius 2 is 1.96 bits per heavy atom. The SMILES string of the molecule is O=C(NCCc1ccco1)c1cc(S(=O)(=O)N2CCCCC2)ccc1Cl. The smallest absolute Gasteiger partial charge is 0.252 e. The van der Waals surface area contributed by atoms with Crippen molar-refractivity contribution in [3.05, 3.63) is 52.9 Å². The normalized spacial score (nSPS) is 15.7. The van der Waals surface area contributed by atoms with Gasteiger partial charge in [0.15, 0.2) is 0 Å². The molecule has 1 aromatic carbocycles. The zero-order valence-electron chi connectivity index (χ0n) is 14.3. The van der Waals surface area contributed by atoms with Gasteiger partial charge in [0.05, 0.1) is 21.7 Å². The molecule has 0 bridgehead atoms. The molecule has 3 rings (SSSR count). The van der Waals surface area contributed by atoms with Crippen molar-refractivity contribution in [2.24, 2.45) is 0 Å². The molecule has 0 aliphatic carbocycles. The standard InChI is InChI=1S/C18H21ClN2O4S/c19-17-7-6-15(26(23,24)21-10-2-1-3-11-21)13-16(17)18(22)20-9-8-14-5-4-12-25-14/h4-7,12-13H,1-3,8-11H2,(H,20,22). The van der Waals surface area contributed by atoms with Gasteiger partial charge in [0, 0.05) is 26.1 Å². The number of rotatable bonds is 6. The summed E-state index contributed by atoms with van der Waals surface area (Å²) >= 11 is 6.12. The van der Waals surface area contributed by atoms with Gasteiger partial charge in [0.2, 0.25) is 10.0 Å². The first-order valence-corrected chi connectivity index (χ1v) is 10.4. The Balaban J connectivity index is 1.73. The van der Waals surface area contributed by atoms with Crippen LogP contribution in [0.25, 0.3) is 0 Å². The maximum atomic E-state index is 12.8. The Bertz CT molecular complexity index is 859. The van der Waals surface area contributed by atoms with Gasteiger partial charge in [-0.15, -0.1) is 0 Å². The minimum atomic E-state index is -3.61. The van der Waals surface area contributed by atoms with Crippen molar-refractivity contribution >= 4 is 27.5 Å². The van der Waals surface area contributed by atoms with Crippen LogP contribution in [0.5, 0.6) is 0 Å². The Labute approximate surface area is 158 Å². The highest BCUT2D eigenvalue weighted by Crippen LogP contribution is 2.25. The van der Waals surface area contributed by atoms with Crippen LogP contribution in [-0.2, 0) is 16.4 Å². The van der Waals surface area contributed by atoms with E-state index < -0.39 is 15.9 Å². The van der Waals surface area contributed by atoms with Crippen molar-refractivity contribution in [3.63, 3.8) is 0 Å². The largest absolute Gasteiger partial charge is 0.469 e. The first kappa shape index (κ1) is 18.9. The van der Waals surface area contributed by atoms with Crippen molar-refractivity contribution in [2.45, 2.75) is 30.6 Å². The van der Waals surface area contributed by atoms with E-state index in [-0.39, 0.29) is 15.5 Å². The number of amides is 1. The third-order valence-corrected chi connectivity index (χ3v) is 6.60. The molecule has 1 fully saturated rings. The van der Waals surface area contributed by atoms with Crippen LogP contribution in [0, 0.1) is 0 Å². The fourth-order valence-corrected chi connectivity index (χ4v) is 4.69. The maximum absolute atomic E-state index is 12.8. The van der Waals surface area contributed by atoms with Crippen LogP contribution in [0.1, 0.15) is 35.4 Å². The summed E-state index contributed by atoms with van der Waals surface area (Å²) in [6, 6.07) is 7.87. The molecule has 1 aliphatic rings. The number of carbonyl (C=O) groups excluding carboxylic acids is 1. The van der Waals surface area contributed by atoms with Crippen molar-refractivity contribution in [1.29, 1.82) is 0 Å². The number of furan rings is 1. The van der Waals surface area contributed by atoms with Crippen LogP contribution in [-0.4, -0.2) is 38.3 Å². The predicted octanol–water partition coefficient (Wildman–Crippen LogP) is 3.08. The van der Waals surface area contributed by atoms with Crippen LogP contribution in [0.2, 0.25) is 5.02 Å². The summed E-state index contributed by atoms with van der Waals surface area (Å²) in [5.41, 5.74) is 0.157. The minimum absolute atomic E-state index is 0.0972. The molecule has 1 aliphatic heterocycles. The van der Waals surface area contributed by atoms with E-state index in [1.165, 1.54) is 22.5 Å². The molecule has 1 saturated heterocycles. The summed E-state index contributed by atoms with van der Waals surface area (Å²) in [6.07, 6.45) is 4.86. The highest BCUT2D eigenvalue weighted by Gasteiger charge is 2.27. The molecule has 1 amide bonds.